The number of methoxy groups -OCH3 is 3. The van der Waals surface area contributed by atoms with Gasteiger partial charge in [-0.15, -0.1) is 5.10 Å². The fraction of sp³-hybridized carbons (Fsp3) is 0.227. The van der Waals surface area contributed by atoms with Crippen LogP contribution in [0.5, 0.6) is 17.2 Å². The minimum Gasteiger partial charge on any atom is -0.493 e. The lowest BCUT2D eigenvalue weighted by molar-refractivity contribution is 0.324. The molecule has 0 aliphatic heterocycles. The zero-order valence-corrected chi connectivity index (χ0v) is 19.4. The molecule has 2 aromatic heterocycles. The molecule has 160 valence electrons. The summed E-state index contributed by atoms with van der Waals surface area (Å²) in [5.41, 5.74) is 3.25. The summed E-state index contributed by atoms with van der Waals surface area (Å²) >= 11 is 3.47. The fourth-order valence-electron chi connectivity index (χ4n) is 3.43. The number of hydrogen-bond acceptors (Lipinski definition) is 7. The van der Waals surface area contributed by atoms with Crippen LogP contribution in [0.25, 0.3) is 16.9 Å². The SMILES string of the molecule is COc1cc(Nc2nc(-c3ccc(Br)cc3)nn3c(C)nc(C)c23)cc(OC)c1OC. The predicted octanol–water partition coefficient (Wildman–Crippen LogP) is 4.94. The molecule has 0 unspecified atom stereocenters. The van der Waals surface area contributed by atoms with Gasteiger partial charge in [0.2, 0.25) is 5.75 Å². The van der Waals surface area contributed by atoms with Crippen LogP contribution in [0.15, 0.2) is 40.9 Å². The maximum absolute atomic E-state index is 5.48. The van der Waals surface area contributed by atoms with Crippen molar-refractivity contribution >= 4 is 33.0 Å². The summed E-state index contributed by atoms with van der Waals surface area (Å²) in [7, 11) is 4.74. The molecule has 4 aromatic rings. The van der Waals surface area contributed by atoms with Crippen molar-refractivity contribution in [2.45, 2.75) is 13.8 Å². The second-order valence-corrected chi connectivity index (χ2v) is 7.75. The Morgan fingerprint density at radius 3 is 2.13 bits per heavy atom. The van der Waals surface area contributed by atoms with Crippen molar-refractivity contribution in [2.75, 3.05) is 26.6 Å². The normalized spacial score (nSPS) is 10.9. The number of nitrogens with one attached hydrogen (secondary N) is 1. The number of rotatable bonds is 6. The summed E-state index contributed by atoms with van der Waals surface area (Å²) in [6.07, 6.45) is 0. The van der Waals surface area contributed by atoms with Crippen molar-refractivity contribution in [2.24, 2.45) is 0 Å². The van der Waals surface area contributed by atoms with E-state index in [0.29, 0.717) is 28.9 Å². The zero-order chi connectivity index (χ0) is 22.1. The Bertz CT molecular complexity index is 1230. The Labute approximate surface area is 188 Å². The third-order valence-electron chi connectivity index (χ3n) is 4.86. The third kappa shape index (κ3) is 3.88. The molecule has 0 bridgehead atoms. The Morgan fingerprint density at radius 1 is 0.903 bits per heavy atom. The lowest BCUT2D eigenvalue weighted by Gasteiger charge is -2.16. The van der Waals surface area contributed by atoms with Gasteiger partial charge in [0.05, 0.1) is 27.0 Å². The molecule has 4 rings (SSSR count). The van der Waals surface area contributed by atoms with Crippen molar-refractivity contribution in [3.8, 4) is 28.6 Å². The van der Waals surface area contributed by atoms with Gasteiger partial charge in [0, 0.05) is 27.9 Å². The van der Waals surface area contributed by atoms with E-state index in [2.05, 4.69) is 26.2 Å². The van der Waals surface area contributed by atoms with Gasteiger partial charge in [0.25, 0.3) is 0 Å². The number of nitrogens with zero attached hydrogens (tertiary/aromatic N) is 4. The lowest BCUT2D eigenvalue weighted by atomic mass is 10.2. The van der Waals surface area contributed by atoms with Crippen LogP contribution < -0.4 is 19.5 Å². The number of hydrogen-bond donors (Lipinski definition) is 1. The Morgan fingerprint density at radius 2 is 1.55 bits per heavy atom. The van der Waals surface area contributed by atoms with Crippen molar-refractivity contribution in [1.29, 1.82) is 0 Å². The standard InChI is InChI=1S/C22H22BrN5O3/c1-12-19-22(25-16-10-17(29-3)20(31-5)18(11-16)30-4)26-21(27-28(19)13(2)24-12)14-6-8-15(23)9-7-14/h6-11H,1-5H3,(H,25,26,27). The van der Waals surface area contributed by atoms with E-state index in [4.69, 9.17) is 24.3 Å². The van der Waals surface area contributed by atoms with Crippen molar-refractivity contribution < 1.29 is 14.2 Å². The lowest BCUT2D eigenvalue weighted by Crippen LogP contribution is -2.06. The molecule has 0 saturated carbocycles. The van der Waals surface area contributed by atoms with Crippen molar-refractivity contribution in [1.82, 2.24) is 19.6 Å². The molecule has 0 amide bonds. The van der Waals surface area contributed by atoms with E-state index in [-0.39, 0.29) is 0 Å². The van der Waals surface area contributed by atoms with E-state index >= 15 is 0 Å². The molecule has 0 radical (unpaired) electrons. The third-order valence-corrected chi connectivity index (χ3v) is 5.39. The van der Waals surface area contributed by atoms with Gasteiger partial charge in [-0.3, -0.25) is 0 Å². The van der Waals surface area contributed by atoms with Gasteiger partial charge in [-0.2, -0.15) is 0 Å². The molecule has 0 saturated heterocycles. The highest BCUT2D eigenvalue weighted by Crippen LogP contribution is 2.41. The molecule has 9 heteroatoms. The van der Waals surface area contributed by atoms with Gasteiger partial charge in [-0.05, 0) is 26.0 Å². The van der Waals surface area contributed by atoms with Gasteiger partial charge in [-0.25, -0.2) is 14.5 Å². The Balaban J connectivity index is 1.88. The fourth-order valence-corrected chi connectivity index (χ4v) is 3.69. The molecular weight excluding hydrogens is 462 g/mol. The summed E-state index contributed by atoms with van der Waals surface area (Å²) in [6.45, 7) is 3.85. The highest BCUT2D eigenvalue weighted by molar-refractivity contribution is 9.10. The summed E-state index contributed by atoms with van der Waals surface area (Å²) in [5.74, 6) is 3.60. The van der Waals surface area contributed by atoms with E-state index in [0.717, 1.165) is 32.8 Å². The van der Waals surface area contributed by atoms with E-state index < -0.39 is 0 Å². The maximum Gasteiger partial charge on any atom is 0.203 e. The van der Waals surface area contributed by atoms with Gasteiger partial charge in [0.15, 0.2) is 23.1 Å². The number of anilines is 2. The van der Waals surface area contributed by atoms with Gasteiger partial charge in [-0.1, -0.05) is 28.1 Å². The first kappa shape index (κ1) is 20.9. The van der Waals surface area contributed by atoms with Crippen LogP contribution in [0.1, 0.15) is 11.5 Å². The van der Waals surface area contributed by atoms with Gasteiger partial charge >= 0.3 is 0 Å². The molecular formula is C22H22BrN5O3. The van der Waals surface area contributed by atoms with Gasteiger partial charge < -0.3 is 19.5 Å². The minimum atomic E-state index is 0.523. The molecule has 0 fully saturated rings. The van der Waals surface area contributed by atoms with Crippen LogP contribution in [0.4, 0.5) is 11.5 Å². The van der Waals surface area contributed by atoms with E-state index in [9.17, 15) is 0 Å². The highest BCUT2D eigenvalue weighted by atomic mass is 79.9. The highest BCUT2D eigenvalue weighted by Gasteiger charge is 2.18. The molecule has 31 heavy (non-hydrogen) atoms. The Hall–Kier alpha value is -3.33. The first-order chi connectivity index (χ1) is 14.9. The van der Waals surface area contributed by atoms with Crippen LogP contribution in [0.2, 0.25) is 0 Å². The summed E-state index contributed by atoms with van der Waals surface area (Å²) in [6, 6.07) is 11.5. The second-order valence-electron chi connectivity index (χ2n) is 6.83. The molecule has 2 aromatic carbocycles. The van der Waals surface area contributed by atoms with E-state index in [1.165, 1.54) is 0 Å². The molecule has 0 atom stereocenters. The average Bonchev–Trinajstić information content (AvgIpc) is 3.07. The molecule has 0 aliphatic rings. The average molecular weight is 484 g/mol. The predicted molar refractivity (Wildman–Crippen MR) is 123 cm³/mol. The topological polar surface area (TPSA) is 82.8 Å². The second kappa shape index (κ2) is 8.43. The van der Waals surface area contributed by atoms with Crippen molar-refractivity contribution in [3.63, 3.8) is 0 Å². The first-order valence-corrected chi connectivity index (χ1v) is 10.3. The van der Waals surface area contributed by atoms with Crippen LogP contribution in [-0.4, -0.2) is 40.9 Å². The first-order valence-electron chi connectivity index (χ1n) is 9.52. The molecule has 0 spiro atoms. The Kier molecular flexibility index (Phi) is 5.69. The smallest absolute Gasteiger partial charge is 0.203 e. The van der Waals surface area contributed by atoms with Crippen LogP contribution >= 0.6 is 15.9 Å². The van der Waals surface area contributed by atoms with Crippen molar-refractivity contribution in [3.05, 3.63) is 52.4 Å². The number of aromatic nitrogens is 4. The molecule has 1 N–H and O–H groups in total. The molecule has 8 nitrogen and oxygen atoms in total. The summed E-state index contributed by atoms with van der Waals surface area (Å²) in [4.78, 5) is 9.39. The molecule has 2 heterocycles. The van der Waals surface area contributed by atoms with Crippen LogP contribution in [0.3, 0.4) is 0 Å². The summed E-state index contributed by atoms with van der Waals surface area (Å²) < 4.78 is 19.2. The number of aryl methyl sites for hydroxylation is 2. The minimum absolute atomic E-state index is 0.523. The monoisotopic (exact) mass is 483 g/mol. The van der Waals surface area contributed by atoms with E-state index in [1.807, 2.05) is 50.2 Å². The molecule has 0 aliphatic carbocycles. The van der Waals surface area contributed by atoms with Crippen LogP contribution in [0, 0.1) is 13.8 Å². The quantitative estimate of drug-likeness (QED) is 0.415. The van der Waals surface area contributed by atoms with Crippen LogP contribution in [-0.2, 0) is 0 Å². The summed E-state index contributed by atoms with van der Waals surface area (Å²) in [5, 5.41) is 8.10. The number of ether oxygens (including phenoxy) is 3. The maximum atomic E-state index is 5.48. The number of halogens is 1. The largest absolute Gasteiger partial charge is 0.493 e. The number of imidazole rings is 1. The van der Waals surface area contributed by atoms with E-state index in [1.54, 1.807) is 25.8 Å². The zero-order valence-electron chi connectivity index (χ0n) is 17.9. The van der Waals surface area contributed by atoms with Gasteiger partial charge in [0.1, 0.15) is 11.3 Å². The number of fused-ring (bicyclic) bond motifs is 1. The number of benzene rings is 2.